The molecule has 2 aromatic rings. The molecule has 0 amide bonds. The minimum atomic E-state index is -3.84. The van der Waals surface area contributed by atoms with E-state index in [0.717, 1.165) is 11.1 Å². The molecule has 0 radical (unpaired) electrons. The number of phosphoric acid groups is 1. The molecule has 0 N–H and O–H groups in total. The summed E-state index contributed by atoms with van der Waals surface area (Å²) in [6.07, 6.45) is 0.353. The minimum absolute atomic E-state index is 0.0262. The van der Waals surface area contributed by atoms with E-state index in [2.05, 4.69) is 0 Å². The Balaban J connectivity index is 1.57. The number of rotatable bonds is 11. The topological polar surface area (TPSA) is 80.3 Å². The zero-order valence-corrected chi connectivity index (χ0v) is 19.0. The van der Waals surface area contributed by atoms with Gasteiger partial charge in [-0.2, -0.15) is 0 Å². The summed E-state index contributed by atoms with van der Waals surface area (Å²) in [5, 5.41) is 0. The lowest BCUT2D eigenvalue weighted by molar-refractivity contribution is -0.0838. The van der Waals surface area contributed by atoms with Crippen LogP contribution in [0.15, 0.2) is 60.7 Å². The van der Waals surface area contributed by atoms with Crippen molar-refractivity contribution in [1.82, 2.24) is 0 Å². The van der Waals surface area contributed by atoms with Crippen molar-refractivity contribution in [3.05, 3.63) is 71.8 Å². The van der Waals surface area contributed by atoms with Crippen molar-refractivity contribution in [1.29, 1.82) is 0 Å². The van der Waals surface area contributed by atoms with Gasteiger partial charge in [0.2, 0.25) is 0 Å². The van der Waals surface area contributed by atoms with Gasteiger partial charge in [0.1, 0.15) is 0 Å². The Bertz CT molecular complexity index is 822. The third-order valence-electron chi connectivity index (χ3n) is 4.32. The maximum atomic E-state index is 13.2. The fourth-order valence-corrected chi connectivity index (χ4v) is 4.81. The van der Waals surface area contributed by atoms with Crippen LogP contribution in [0.2, 0.25) is 0 Å². The van der Waals surface area contributed by atoms with Gasteiger partial charge in [0.15, 0.2) is 13.7 Å². The average Bonchev–Trinajstić information content (AvgIpc) is 3.17. The van der Waals surface area contributed by atoms with Gasteiger partial charge in [0.05, 0.1) is 25.9 Å². The van der Waals surface area contributed by atoms with Crippen molar-refractivity contribution in [2.45, 2.75) is 38.4 Å². The van der Waals surface area contributed by atoms with Gasteiger partial charge in [-0.1, -0.05) is 60.7 Å². The minimum Gasteiger partial charge on any atom is -0.347 e. The second-order valence-electron chi connectivity index (χ2n) is 7.38. The highest BCUT2D eigenvalue weighted by atomic mass is 31.2. The summed E-state index contributed by atoms with van der Waals surface area (Å²) in [5.41, 5.74) is 1.72. The zero-order valence-electron chi connectivity index (χ0n) is 17.2. The summed E-state index contributed by atoms with van der Waals surface area (Å²) in [5.74, 6) is 0. The molecule has 9 heteroatoms. The van der Waals surface area contributed by atoms with Crippen LogP contribution < -0.4 is 0 Å². The van der Waals surface area contributed by atoms with Gasteiger partial charge in [-0.05, 0) is 17.5 Å². The predicted molar refractivity (Wildman–Crippen MR) is 114 cm³/mol. The first-order valence-corrected chi connectivity index (χ1v) is 13.8. The molecule has 0 aliphatic carbocycles. The lowest BCUT2D eigenvalue weighted by Gasteiger charge is -2.21. The van der Waals surface area contributed by atoms with E-state index >= 15 is 0 Å². The molecule has 0 bridgehead atoms. The molecule has 30 heavy (non-hydrogen) atoms. The van der Waals surface area contributed by atoms with Crippen molar-refractivity contribution in [3.63, 3.8) is 0 Å². The van der Waals surface area contributed by atoms with E-state index in [4.69, 9.17) is 22.8 Å². The molecule has 1 aliphatic rings. The third-order valence-corrected chi connectivity index (χ3v) is 6.42. The maximum absolute atomic E-state index is 13.2. The zero-order chi connectivity index (χ0) is 21.5. The van der Waals surface area contributed by atoms with Crippen LogP contribution >= 0.6 is 15.2 Å². The van der Waals surface area contributed by atoms with E-state index in [-0.39, 0.29) is 25.9 Å². The van der Waals surface area contributed by atoms with Crippen molar-refractivity contribution in [2.75, 3.05) is 19.9 Å². The molecule has 2 atom stereocenters. The molecule has 0 aromatic heterocycles. The molecule has 0 saturated carbocycles. The molecular weight excluding hydrogens is 426 g/mol. The highest BCUT2D eigenvalue weighted by Crippen LogP contribution is 2.51. The highest BCUT2D eigenvalue weighted by Gasteiger charge is 2.33. The average molecular weight is 454 g/mol. The summed E-state index contributed by atoms with van der Waals surface area (Å²) in [6.45, 7) is 3.31. The van der Waals surface area contributed by atoms with E-state index < -0.39 is 21.5 Å². The van der Waals surface area contributed by atoms with Crippen molar-refractivity contribution >= 4 is 15.2 Å². The maximum Gasteiger partial charge on any atom is 0.475 e. The standard InChI is InChI=1S/C21H28O7P2/c1-29(2,22)28-21-14-13-20(27-21)17-26-30(23,24-15-18-9-5-3-6-10-18)25-16-19-11-7-4-8-12-19/h3-12,20-21H,13-17H2,1-2H3/t20-,21?/m0/s1. The SMILES string of the molecule is CP(C)(=O)OC1CC[C@@H](COP(=O)(OCc2ccccc2)OCc2ccccc2)O1. The van der Waals surface area contributed by atoms with Gasteiger partial charge in [0, 0.05) is 19.8 Å². The number of hydrogen-bond donors (Lipinski definition) is 0. The molecule has 1 saturated heterocycles. The second kappa shape index (κ2) is 10.8. The molecule has 164 valence electrons. The number of ether oxygens (including phenoxy) is 1. The number of benzene rings is 2. The molecular formula is C21H28O7P2. The fourth-order valence-electron chi connectivity index (χ4n) is 2.90. The Labute approximate surface area is 177 Å². The first-order chi connectivity index (χ1) is 14.3. The fraction of sp³-hybridized carbons (Fsp3) is 0.429. The molecule has 3 rings (SSSR count). The third kappa shape index (κ3) is 8.09. The van der Waals surface area contributed by atoms with Gasteiger partial charge in [-0.25, -0.2) is 4.57 Å². The van der Waals surface area contributed by atoms with Crippen LogP contribution in [0.1, 0.15) is 24.0 Å². The molecule has 2 aromatic carbocycles. The van der Waals surface area contributed by atoms with Gasteiger partial charge < -0.3 is 4.74 Å². The first kappa shape index (κ1) is 23.4. The van der Waals surface area contributed by atoms with E-state index in [0.29, 0.717) is 12.8 Å². The Kier molecular flexibility index (Phi) is 8.44. The van der Waals surface area contributed by atoms with Gasteiger partial charge >= 0.3 is 7.82 Å². The molecule has 1 unspecified atom stereocenters. The summed E-state index contributed by atoms with van der Waals surface area (Å²) < 4.78 is 52.9. The van der Waals surface area contributed by atoms with Crippen LogP contribution in [0, 0.1) is 0 Å². The Morgan fingerprint density at radius 1 is 0.833 bits per heavy atom. The predicted octanol–water partition coefficient (Wildman–Crippen LogP) is 5.60. The monoisotopic (exact) mass is 454 g/mol. The Morgan fingerprint density at radius 3 is 1.87 bits per heavy atom. The lowest BCUT2D eigenvalue weighted by atomic mass is 10.2. The van der Waals surface area contributed by atoms with Crippen LogP contribution in [-0.4, -0.2) is 32.3 Å². The van der Waals surface area contributed by atoms with Gasteiger partial charge in [0.25, 0.3) is 0 Å². The molecule has 1 fully saturated rings. The quantitative estimate of drug-likeness (QED) is 0.409. The van der Waals surface area contributed by atoms with Gasteiger partial charge in [-0.15, -0.1) is 0 Å². The van der Waals surface area contributed by atoms with Crippen LogP contribution in [0.3, 0.4) is 0 Å². The summed E-state index contributed by atoms with van der Waals surface area (Å²) in [4.78, 5) is 0. The normalized spacial score (nSPS) is 19.8. The molecule has 1 heterocycles. The van der Waals surface area contributed by atoms with E-state index in [1.165, 1.54) is 0 Å². The summed E-state index contributed by atoms with van der Waals surface area (Å²) in [7, 11) is -6.49. The van der Waals surface area contributed by atoms with Crippen LogP contribution in [0.4, 0.5) is 0 Å². The van der Waals surface area contributed by atoms with Crippen LogP contribution in [0.5, 0.6) is 0 Å². The van der Waals surface area contributed by atoms with E-state index in [9.17, 15) is 9.13 Å². The molecule has 7 nitrogen and oxygen atoms in total. The summed E-state index contributed by atoms with van der Waals surface area (Å²) >= 11 is 0. The van der Waals surface area contributed by atoms with Crippen molar-refractivity contribution in [3.8, 4) is 0 Å². The first-order valence-electron chi connectivity index (χ1n) is 9.82. The second-order valence-corrected chi connectivity index (χ2v) is 11.8. The van der Waals surface area contributed by atoms with Crippen molar-refractivity contribution < 1.29 is 32.0 Å². The number of phosphoric ester groups is 1. The van der Waals surface area contributed by atoms with Gasteiger partial charge in [-0.3, -0.25) is 22.7 Å². The Hall–Kier alpha value is -1.30. The smallest absolute Gasteiger partial charge is 0.347 e. The van der Waals surface area contributed by atoms with Crippen molar-refractivity contribution in [2.24, 2.45) is 0 Å². The van der Waals surface area contributed by atoms with Crippen LogP contribution in [0.25, 0.3) is 0 Å². The largest absolute Gasteiger partial charge is 0.475 e. The molecule has 0 spiro atoms. The van der Waals surface area contributed by atoms with E-state index in [1.807, 2.05) is 60.7 Å². The summed E-state index contributed by atoms with van der Waals surface area (Å²) in [6, 6.07) is 18.8. The Morgan fingerprint density at radius 2 is 1.37 bits per heavy atom. The number of hydrogen-bond acceptors (Lipinski definition) is 7. The highest BCUT2D eigenvalue weighted by molar-refractivity contribution is 7.57. The van der Waals surface area contributed by atoms with E-state index in [1.54, 1.807) is 13.3 Å². The lowest BCUT2D eigenvalue weighted by Crippen LogP contribution is -2.18. The molecule has 1 aliphatic heterocycles. The van der Waals surface area contributed by atoms with Crippen LogP contribution in [-0.2, 0) is 45.2 Å².